The minimum absolute atomic E-state index is 0.0280. The van der Waals surface area contributed by atoms with E-state index in [1.807, 2.05) is 6.07 Å². The van der Waals surface area contributed by atoms with E-state index in [1.54, 1.807) is 17.0 Å². The van der Waals surface area contributed by atoms with Gasteiger partial charge in [-0.05, 0) is 31.0 Å². The Morgan fingerprint density at radius 3 is 2.95 bits per heavy atom. The molecule has 1 saturated carbocycles. The molecule has 1 heterocycles. The van der Waals surface area contributed by atoms with Crippen molar-refractivity contribution in [2.45, 2.75) is 23.8 Å². The number of rotatable bonds is 4. The quantitative estimate of drug-likeness (QED) is 0.878. The van der Waals surface area contributed by atoms with Crippen LogP contribution in [-0.4, -0.2) is 46.8 Å². The van der Waals surface area contributed by atoms with Gasteiger partial charge in [-0.1, -0.05) is 0 Å². The molecule has 0 atom stereocenters. The second-order valence-corrected chi connectivity index (χ2v) is 6.02. The summed E-state index contributed by atoms with van der Waals surface area (Å²) in [5, 5.41) is 11.9. The summed E-state index contributed by atoms with van der Waals surface area (Å²) in [6.45, 7) is 0.335. The monoisotopic (exact) mass is 292 g/mol. The highest BCUT2D eigenvalue weighted by atomic mass is 32.2. The van der Waals surface area contributed by atoms with Crippen LogP contribution in [0.1, 0.15) is 23.2 Å². The van der Waals surface area contributed by atoms with Gasteiger partial charge in [0.15, 0.2) is 0 Å². The first kappa shape index (κ1) is 13.5. The van der Waals surface area contributed by atoms with Gasteiger partial charge in [0.1, 0.15) is 0 Å². The van der Waals surface area contributed by atoms with Crippen LogP contribution < -0.4 is 5.32 Å². The second-order valence-electron chi connectivity index (χ2n) is 5.00. The Morgan fingerprint density at radius 2 is 2.25 bits per heavy atom. The van der Waals surface area contributed by atoms with E-state index in [4.69, 9.17) is 5.11 Å². The molecule has 0 aromatic heterocycles. The number of nitrogens with zero attached hydrogens (tertiary/aromatic N) is 1. The predicted octanol–water partition coefficient (Wildman–Crippen LogP) is 1.33. The number of aliphatic hydroxyl groups is 1. The number of carbonyl (C=O) groups excluding carboxylic acids is 2. The molecule has 0 radical (unpaired) electrons. The molecule has 1 fully saturated rings. The zero-order valence-electron chi connectivity index (χ0n) is 11.0. The van der Waals surface area contributed by atoms with Crippen molar-refractivity contribution >= 4 is 29.3 Å². The van der Waals surface area contributed by atoms with Gasteiger partial charge >= 0.3 is 0 Å². The van der Waals surface area contributed by atoms with Crippen molar-refractivity contribution in [3.63, 3.8) is 0 Å². The van der Waals surface area contributed by atoms with Crippen molar-refractivity contribution in [1.29, 1.82) is 0 Å². The summed E-state index contributed by atoms with van der Waals surface area (Å²) in [6.07, 6.45) is 2.01. The number of fused-ring (bicyclic) bond motifs is 1. The van der Waals surface area contributed by atoms with Gasteiger partial charge < -0.3 is 15.3 Å². The lowest BCUT2D eigenvalue weighted by Crippen LogP contribution is -2.35. The lowest BCUT2D eigenvalue weighted by Gasteiger charge is -2.23. The van der Waals surface area contributed by atoms with Crippen molar-refractivity contribution in [2.75, 3.05) is 24.2 Å². The molecule has 1 aromatic carbocycles. The van der Waals surface area contributed by atoms with Crippen LogP contribution in [0, 0.1) is 0 Å². The van der Waals surface area contributed by atoms with E-state index in [0.29, 0.717) is 23.5 Å². The SMILES string of the molecule is O=C1CSc2ccc(C(=O)N(CCO)C3CC3)cc2N1. The third-order valence-electron chi connectivity index (χ3n) is 3.45. The number of thioether (sulfide) groups is 1. The highest BCUT2D eigenvalue weighted by Crippen LogP contribution is 2.33. The number of carbonyl (C=O) groups is 2. The first-order valence-electron chi connectivity index (χ1n) is 6.67. The zero-order chi connectivity index (χ0) is 14.1. The average molecular weight is 292 g/mol. The van der Waals surface area contributed by atoms with Crippen LogP contribution in [-0.2, 0) is 4.79 Å². The maximum atomic E-state index is 12.5. The van der Waals surface area contributed by atoms with Crippen molar-refractivity contribution < 1.29 is 14.7 Å². The van der Waals surface area contributed by atoms with E-state index in [2.05, 4.69) is 5.32 Å². The Hall–Kier alpha value is -1.53. The molecule has 2 amide bonds. The molecule has 106 valence electrons. The smallest absolute Gasteiger partial charge is 0.254 e. The van der Waals surface area contributed by atoms with Gasteiger partial charge in [0.25, 0.3) is 5.91 Å². The summed E-state index contributed by atoms with van der Waals surface area (Å²) in [5.74, 6) is 0.301. The summed E-state index contributed by atoms with van der Waals surface area (Å²) in [7, 11) is 0. The van der Waals surface area contributed by atoms with E-state index in [-0.39, 0.29) is 24.5 Å². The molecule has 1 aliphatic carbocycles. The molecule has 0 bridgehead atoms. The van der Waals surface area contributed by atoms with E-state index in [9.17, 15) is 9.59 Å². The topological polar surface area (TPSA) is 69.6 Å². The molecule has 1 aromatic rings. The minimum Gasteiger partial charge on any atom is -0.395 e. The summed E-state index contributed by atoms with van der Waals surface area (Å²) in [5.41, 5.74) is 1.27. The first-order valence-corrected chi connectivity index (χ1v) is 7.66. The Kier molecular flexibility index (Phi) is 3.67. The standard InChI is InChI=1S/C14H16N2O3S/c17-6-5-16(10-2-3-10)14(19)9-1-4-12-11(7-9)15-13(18)8-20-12/h1,4,7,10,17H,2-3,5-6,8H2,(H,15,18). The van der Waals surface area contributed by atoms with E-state index in [1.165, 1.54) is 11.8 Å². The molecule has 2 N–H and O–H groups in total. The molecule has 1 aliphatic heterocycles. The number of amides is 2. The normalized spacial score (nSPS) is 17.4. The van der Waals surface area contributed by atoms with Gasteiger partial charge in [-0.15, -0.1) is 11.8 Å². The van der Waals surface area contributed by atoms with Gasteiger partial charge in [0.2, 0.25) is 5.91 Å². The van der Waals surface area contributed by atoms with E-state index >= 15 is 0 Å². The van der Waals surface area contributed by atoms with Crippen LogP contribution >= 0.6 is 11.8 Å². The van der Waals surface area contributed by atoms with Crippen LogP contribution in [0.4, 0.5) is 5.69 Å². The molecular weight excluding hydrogens is 276 g/mol. The maximum Gasteiger partial charge on any atom is 0.254 e. The van der Waals surface area contributed by atoms with Crippen molar-refractivity contribution in [1.82, 2.24) is 4.90 Å². The lowest BCUT2D eigenvalue weighted by atomic mass is 10.1. The van der Waals surface area contributed by atoms with Gasteiger partial charge in [-0.25, -0.2) is 0 Å². The average Bonchev–Trinajstić information content (AvgIpc) is 3.27. The number of hydrogen-bond donors (Lipinski definition) is 2. The molecule has 20 heavy (non-hydrogen) atoms. The van der Waals surface area contributed by atoms with Gasteiger partial charge in [-0.2, -0.15) is 0 Å². The molecule has 0 unspecified atom stereocenters. The van der Waals surface area contributed by atoms with Crippen LogP contribution in [0.25, 0.3) is 0 Å². The molecule has 0 saturated heterocycles. The van der Waals surface area contributed by atoms with Crippen molar-refractivity contribution in [2.24, 2.45) is 0 Å². The van der Waals surface area contributed by atoms with E-state index < -0.39 is 0 Å². The summed E-state index contributed by atoms with van der Waals surface area (Å²) < 4.78 is 0. The summed E-state index contributed by atoms with van der Waals surface area (Å²) in [4.78, 5) is 26.6. The number of aliphatic hydroxyl groups excluding tert-OH is 1. The summed E-state index contributed by atoms with van der Waals surface area (Å²) in [6, 6.07) is 5.65. The Bertz CT molecular complexity index is 557. The predicted molar refractivity (Wildman–Crippen MR) is 76.9 cm³/mol. The maximum absolute atomic E-state index is 12.5. The minimum atomic E-state index is -0.0748. The molecule has 2 aliphatic rings. The molecule has 3 rings (SSSR count). The van der Waals surface area contributed by atoms with Gasteiger partial charge in [-0.3, -0.25) is 9.59 Å². The fraction of sp³-hybridized carbons (Fsp3) is 0.429. The highest BCUT2D eigenvalue weighted by molar-refractivity contribution is 8.00. The molecular formula is C14H16N2O3S. The first-order chi connectivity index (χ1) is 9.69. The summed E-state index contributed by atoms with van der Waals surface area (Å²) >= 11 is 1.48. The number of anilines is 1. The van der Waals surface area contributed by atoms with Crippen molar-refractivity contribution in [3.8, 4) is 0 Å². The fourth-order valence-corrected chi connectivity index (χ4v) is 3.11. The second kappa shape index (κ2) is 5.46. The van der Waals surface area contributed by atoms with Crippen LogP contribution in [0.15, 0.2) is 23.1 Å². The number of benzene rings is 1. The molecule has 6 heteroatoms. The zero-order valence-corrected chi connectivity index (χ0v) is 11.8. The van der Waals surface area contributed by atoms with Gasteiger partial charge in [0.05, 0.1) is 18.0 Å². The lowest BCUT2D eigenvalue weighted by molar-refractivity contribution is -0.113. The Balaban J connectivity index is 1.84. The fourth-order valence-electron chi connectivity index (χ4n) is 2.33. The van der Waals surface area contributed by atoms with Crippen LogP contribution in [0.3, 0.4) is 0 Å². The Labute approximate surface area is 121 Å². The molecule has 0 spiro atoms. The van der Waals surface area contributed by atoms with Crippen LogP contribution in [0.5, 0.6) is 0 Å². The van der Waals surface area contributed by atoms with Crippen LogP contribution in [0.2, 0.25) is 0 Å². The van der Waals surface area contributed by atoms with E-state index in [0.717, 1.165) is 17.7 Å². The largest absolute Gasteiger partial charge is 0.395 e. The molecule has 5 nitrogen and oxygen atoms in total. The number of hydrogen-bond acceptors (Lipinski definition) is 4. The Morgan fingerprint density at radius 1 is 1.45 bits per heavy atom. The van der Waals surface area contributed by atoms with Crippen molar-refractivity contribution in [3.05, 3.63) is 23.8 Å². The third-order valence-corrected chi connectivity index (χ3v) is 4.52. The highest BCUT2D eigenvalue weighted by Gasteiger charge is 2.33. The third kappa shape index (κ3) is 2.66. The van der Waals surface area contributed by atoms with Gasteiger partial charge in [0, 0.05) is 23.0 Å². The number of nitrogens with one attached hydrogen (secondary N) is 1.